The Labute approximate surface area is 122 Å². The topological polar surface area (TPSA) is 59.4 Å². The summed E-state index contributed by atoms with van der Waals surface area (Å²) in [6, 6.07) is 0. The molecule has 2 aromatic heterocycles. The van der Waals surface area contributed by atoms with E-state index in [1.54, 1.807) is 0 Å². The van der Waals surface area contributed by atoms with Crippen molar-refractivity contribution in [1.29, 1.82) is 0 Å². The van der Waals surface area contributed by atoms with Crippen LogP contribution in [0.4, 0.5) is 0 Å². The second-order valence-electron chi connectivity index (χ2n) is 6.06. The van der Waals surface area contributed by atoms with Crippen molar-refractivity contribution in [2.24, 2.45) is 5.92 Å². The van der Waals surface area contributed by atoms with Crippen molar-refractivity contribution in [2.75, 3.05) is 0 Å². The van der Waals surface area contributed by atoms with Gasteiger partial charge in [0.25, 0.3) is 0 Å². The summed E-state index contributed by atoms with van der Waals surface area (Å²) in [5, 5.41) is 11.5. The van der Waals surface area contributed by atoms with Gasteiger partial charge < -0.3 is 0 Å². The van der Waals surface area contributed by atoms with Crippen LogP contribution >= 0.6 is 23.8 Å². The molecule has 0 saturated heterocycles. The normalized spacial score (nSPS) is 12.3. The molecule has 0 unspecified atom stereocenters. The first-order chi connectivity index (χ1) is 8.80. The monoisotopic (exact) mass is 297 g/mol. The van der Waals surface area contributed by atoms with Gasteiger partial charge in [-0.15, -0.1) is 5.10 Å². The highest BCUT2D eigenvalue weighted by Crippen LogP contribution is 2.33. The van der Waals surface area contributed by atoms with E-state index in [2.05, 4.69) is 54.4 Å². The molecule has 0 atom stereocenters. The summed E-state index contributed by atoms with van der Waals surface area (Å²) in [6.45, 7) is 11.5. The lowest BCUT2D eigenvalue weighted by Gasteiger charge is -2.16. The fraction of sp³-hybridized carbons (Fsp3) is 0.667. The van der Waals surface area contributed by atoms with Crippen LogP contribution in [0, 0.1) is 10.7 Å². The number of nitrogens with one attached hydrogen (secondary N) is 1. The molecule has 0 amide bonds. The van der Waals surface area contributed by atoms with Crippen LogP contribution in [-0.2, 0) is 12.0 Å². The van der Waals surface area contributed by atoms with Crippen LogP contribution in [0.1, 0.15) is 40.3 Å². The van der Waals surface area contributed by atoms with Gasteiger partial charge in [-0.2, -0.15) is 5.10 Å². The number of aromatic nitrogens is 5. The Bertz CT molecular complexity index is 615. The highest BCUT2D eigenvalue weighted by atomic mass is 32.1. The summed E-state index contributed by atoms with van der Waals surface area (Å²) in [4.78, 5) is 1.00. The number of H-pyrrole nitrogens is 1. The highest BCUT2D eigenvalue weighted by molar-refractivity contribution is 7.71. The van der Waals surface area contributed by atoms with E-state index in [1.165, 1.54) is 11.5 Å². The summed E-state index contributed by atoms with van der Waals surface area (Å²) in [5.74, 6) is 1.35. The molecule has 2 rings (SSSR count). The molecule has 104 valence electrons. The molecule has 0 spiro atoms. The molecule has 5 nitrogen and oxygen atoms in total. The SMILES string of the molecule is CC(C)Cn1c(-c2snnc2C(C)(C)C)n[nH]c1=S. The second kappa shape index (κ2) is 5.13. The quantitative estimate of drug-likeness (QED) is 0.882. The molecule has 0 aromatic carbocycles. The van der Waals surface area contributed by atoms with Crippen LogP contribution in [0.15, 0.2) is 0 Å². The third-order valence-electron chi connectivity index (χ3n) is 2.71. The van der Waals surface area contributed by atoms with Crippen molar-refractivity contribution in [3.05, 3.63) is 10.5 Å². The third kappa shape index (κ3) is 2.92. The van der Waals surface area contributed by atoms with E-state index >= 15 is 0 Å². The Balaban J connectivity index is 2.55. The Morgan fingerprint density at radius 1 is 1.37 bits per heavy atom. The first kappa shape index (κ1) is 14.3. The van der Waals surface area contributed by atoms with Crippen molar-refractivity contribution in [3.8, 4) is 10.7 Å². The Morgan fingerprint density at radius 2 is 2.05 bits per heavy atom. The van der Waals surface area contributed by atoms with Gasteiger partial charge >= 0.3 is 0 Å². The van der Waals surface area contributed by atoms with Crippen LogP contribution in [0.25, 0.3) is 10.7 Å². The van der Waals surface area contributed by atoms with E-state index < -0.39 is 0 Å². The maximum absolute atomic E-state index is 5.31. The summed E-state index contributed by atoms with van der Waals surface area (Å²) >= 11 is 6.68. The number of hydrogen-bond donors (Lipinski definition) is 1. The number of nitrogens with zero attached hydrogens (tertiary/aromatic N) is 4. The Morgan fingerprint density at radius 3 is 2.63 bits per heavy atom. The van der Waals surface area contributed by atoms with E-state index in [-0.39, 0.29) is 5.41 Å². The van der Waals surface area contributed by atoms with Gasteiger partial charge in [-0.1, -0.05) is 39.1 Å². The summed E-state index contributed by atoms with van der Waals surface area (Å²) in [7, 11) is 0. The predicted molar refractivity (Wildman–Crippen MR) is 79.9 cm³/mol. The van der Waals surface area contributed by atoms with Crippen molar-refractivity contribution in [1.82, 2.24) is 24.4 Å². The minimum atomic E-state index is -0.0570. The van der Waals surface area contributed by atoms with Gasteiger partial charge in [0.2, 0.25) is 0 Å². The molecule has 0 aliphatic heterocycles. The maximum atomic E-state index is 5.31. The average Bonchev–Trinajstić information content (AvgIpc) is 2.85. The Kier molecular flexibility index (Phi) is 3.87. The zero-order valence-electron chi connectivity index (χ0n) is 11.9. The van der Waals surface area contributed by atoms with Gasteiger partial charge in [-0.25, -0.2) is 0 Å². The van der Waals surface area contributed by atoms with E-state index in [4.69, 9.17) is 12.2 Å². The van der Waals surface area contributed by atoms with Gasteiger partial charge in [0.15, 0.2) is 10.6 Å². The maximum Gasteiger partial charge on any atom is 0.195 e. The van der Waals surface area contributed by atoms with Gasteiger partial charge in [0.05, 0.1) is 5.69 Å². The molecular formula is C12H19N5S2. The molecule has 19 heavy (non-hydrogen) atoms. The van der Waals surface area contributed by atoms with Crippen LogP contribution < -0.4 is 0 Å². The summed E-state index contributed by atoms with van der Waals surface area (Å²) in [5.41, 5.74) is 0.912. The Hall–Kier alpha value is -1.08. The molecule has 2 aromatic rings. The first-order valence-corrected chi connectivity index (χ1v) is 7.47. The molecule has 0 aliphatic rings. The molecule has 0 aliphatic carbocycles. The summed E-state index contributed by atoms with van der Waals surface area (Å²) in [6.07, 6.45) is 0. The van der Waals surface area contributed by atoms with Gasteiger partial charge in [0, 0.05) is 12.0 Å². The standard InChI is InChI=1S/C12H19N5S2/c1-7(2)6-17-10(14-15-11(17)18)8-9(12(3,4)5)13-16-19-8/h7H,6H2,1-5H3,(H,15,18). The molecule has 0 saturated carbocycles. The zero-order valence-corrected chi connectivity index (χ0v) is 13.5. The molecule has 2 heterocycles. The molecule has 7 heteroatoms. The largest absolute Gasteiger partial charge is 0.299 e. The fourth-order valence-electron chi connectivity index (χ4n) is 1.85. The predicted octanol–water partition coefficient (Wildman–Crippen LogP) is 3.41. The van der Waals surface area contributed by atoms with E-state index in [9.17, 15) is 0 Å². The van der Waals surface area contributed by atoms with Crippen molar-refractivity contribution < 1.29 is 0 Å². The van der Waals surface area contributed by atoms with Crippen LogP contribution in [0.2, 0.25) is 0 Å². The fourth-order valence-corrected chi connectivity index (χ4v) is 2.94. The second-order valence-corrected chi connectivity index (χ2v) is 7.20. The lowest BCUT2D eigenvalue weighted by Crippen LogP contribution is -2.14. The minimum Gasteiger partial charge on any atom is -0.299 e. The van der Waals surface area contributed by atoms with E-state index in [1.807, 2.05) is 4.57 Å². The lowest BCUT2D eigenvalue weighted by molar-refractivity contribution is 0.520. The van der Waals surface area contributed by atoms with Crippen molar-refractivity contribution in [2.45, 2.75) is 46.6 Å². The van der Waals surface area contributed by atoms with Gasteiger partial charge in [-0.05, 0) is 29.7 Å². The first-order valence-electron chi connectivity index (χ1n) is 6.29. The van der Waals surface area contributed by atoms with Crippen LogP contribution in [0.3, 0.4) is 0 Å². The van der Waals surface area contributed by atoms with Crippen LogP contribution in [-0.4, -0.2) is 24.4 Å². The number of hydrogen-bond acceptors (Lipinski definition) is 5. The third-order valence-corrected chi connectivity index (χ3v) is 3.74. The van der Waals surface area contributed by atoms with Gasteiger partial charge in [0.1, 0.15) is 4.88 Å². The number of rotatable bonds is 3. The number of aromatic amines is 1. The molecule has 0 fully saturated rings. The average molecular weight is 297 g/mol. The lowest BCUT2D eigenvalue weighted by atomic mass is 9.91. The summed E-state index contributed by atoms with van der Waals surface area (Å²) < 4.78 is 6.77. The van der Waals surface area contributed by atoms with Gasteiger partial charge in [-0.3, -0.25) is 9.67 Å². The highest BCUT2D eigenvalue weighted by Gasteiger charge is 2.26. The smallest absolute Gasteiger partial charge is 0.195 e. The van der Waals surface area contributed by atoms with E-state index in [0.29, 0.717) is 10.7 Å². The van der Waals surface area contributed by atoms with E-state index in [0.717, 1.165) is 22.9 Å². The van der Waals surface area contributed by atoms with Crippen LogP contribution in [0.5, 0.6) is 0 Å². The van der Waals surface area contributed by atoms with Crippen molar-refractivity contribution in [3.63, 3.8) is 0 Å². The minimum absolute atomic E-state index is 0.0570. The zero-order chi connectivity index (χ0) is 14.2. The molecule has 0 bridgehead atoms. The molecule has 1 N–H and O–H groups in total. The molecular weight excluding hydrogens is 278 g/mol. The van der Waals surface area contributed by atoms with Crippen molar-refractivity contribution >= 4 is 23.8 Å². The molecule has 0 radical (unpaired) electrons.